The summed E-state index contributed by atoms with van der Waals surface area (Å²) in [5.41, 5.74) is 1.62. The van der Waals surface area contributed by atoms with Crippen molar-refractivity contribution in [2.45, 2.75) is 38.2 Å². The van der Waals surface area contributed by atoms with Gasteiger partial charge in [-0.1, -0.05) is 25.0 Å². The first-order valence-electron chi connectivity index (χ1n) is 6.55. The Kier molecular flexibility index (Phi) is 2.44. The highest BCUT2D eigenvalue weighted by atomic mass is 16.5. The lowest BCUT2D eigenvalue weighted by Gasteiger charge is -2.14. The SMILES string of the molecule is COc1cc(C2(O)C3CCCCC32)ccc1C. The van der Waals surface area contributed by atoms with Crippen LogP contribution in [0.2, 0.25) is 0 Å². The Morgan fingerprint density at radius 1 is 1.24 bits per heavy atom. The van der Waals surface area contributed by atoms with E-state index < -0.39 is 5.60 Å². The summed E-state index contributed by atoms with van der Waals surface area (Å²) in [5, 5.41) is 10.8. The summed E-state index contributed by atoms with van der Waals surface area (Å²) in [4.78, 5) is 0. The lowest BCUT2D eigenvalue weighted by atomic mass is 10.0. The van der Waals surface area contributed by atoms with E-state index >= 15 is 0 Å². The van der Waals surface area contributed by atoms with Crippen molar-refractivity contribution >= 4 is 0 Å². The number of fused-ring (bicyclic) bond motifs is 1. The maximum absolute atomic E-state index is 10.8. The van der Waals surface area contributed by atoms with E-state index in [2.05, 4.69) is 12.1 Å². The third-order valence-electron chi connectivity index (χ3n) is 4.66. The zero-order valence-corrected chi connectivity index (χ0v) is 10.6. The summed E-state index contributed by atoms with van der Waals surface area (Å²) in [6, 6.07) is 6.14. The van der Waals surface area contributed by atoms with E-state index in [1.165, 1.54) is 25.7 Å². The summed E-state index contributed by atoms with van der Waals surface area (Å²) in [7, 11) is 1.69. The van der Waals surface area contributed by atoms with Crippen molar-refractivity contribution in [3.8, 4) is 5.75 Å². The summed E-state index contributed by atoms with van der Waals surface area (Å²) in [6.45, 7) is 2.03. The first-order chi connectivity index (χ1) is 8.17. The van der Waals surface area contributed by atoms with Crippen LogP contribution in [0.3, 0.4) is 0 Å². The van der Waals surface area contributed by atoms with Crippen LogP contribution in [0, 0.1) is 18.8 Å². The van der Waals surface area contributed by atoms with Gasteiger partial charge in [-0.2, -0.15) is 0 Å². The second kappa shape index (κ2) is 3.74. The van der Waals surface area contributed by atoms with Crippen molar-refractivity contribution in [1.82, 2.24) is 0 Å². The van der Waals surface area contributed by atoms with E-state index in [0.717, 1.165) is 16.9 Å². The average Bonchev–Trinajstić information content (AvgIpc) is 2.98. The Balaban J connectivity index is 1.94. The minimum absolute atomic E-state index is 0.490. The van der Waals surface area contributed by atoms with Gasteiger partial charge in [0.15, 0.2) is 0 Å². The third kappa shape index (κ3) is 1.50. The largest absolute Gasteiger partial charge is 0.496 e. The van der Waals surface area contributed by atoms with E-state index in [-0.39, 0.29) is 0 Å². The zero-order valence-electron chi connectivity index (χ0n) is 10.6. The van der Waals surface area contributed by atoms with Crippen LogP contribution in [-0.2, 0) is 5.60 Å². The minimum atomic E-state index is -0.558. The van der Waals surface area contributed by atoms with Crippen molar-refractivity contribution in [3.05, 3.63) is 29.3 Å². The third-order valence-corrected chi connectivity index (χ3v) is 4.66. The average molecular weight is 232 g/mol. The Bertz CT molecular complexity index is 427. The molecule has 3 rings (SSSR count). The smallest absolute Gasteiger partial charge is 0.122 e. The molecule has 0 spiro atoms. The second-order valence-corrected chi connectivity index (χ2v) is 5.51. The summed E-state index contributed by atoms with van der Waals surface area (Å²) < 4.78 is 5.35. The highest BCUT2D eigenvalue weighted by molar-refractivity contribution is 5.42. The van der Waals surface area contributed by atoms with Crippen molar-refractivity contribution in [2.24, 2.45) is 11.8 Å². The van der Waals surface area contributed by atoms with Crippen molar-refractivity contribution < 1.29 is 9.84 Å². The molecule has 0 saturated heterocycles. The van der Waals surface area contributed by atoms with Gasteiger partial charge in [-0.3, -0.25) is 0 Å². The molecule has 0 heterocycles. The van der Waals surface area contributed by atoms with Gasteiger partial charge < -0.3 is 9.84 Å². The molecule has 2 aliphatic carbocycles. The fourth-order valence-corrected chi connectivity index (χ4v) is 3.59. The molecule has 2 aliphatic rings. The van der Waals surface area contributed by atoms with Crippen LogP contribution in [0.5, 0.6) is 5.75 Å². The highest BCUT2D eigenvalue weighted by Gasteiger charge is 2.64. The Hall–Kier alpha value is -1.02. The number of benzene rings is 1. The maximum atomic E-state index is 10.8. The van der Waals surface area contributed by atoms with Crippen LogP contribution in [0.4, 0.5) is 0 Å². The molecule has 0 aromatic heterocycles. The molecule has 1 aromatic carbocycles. The molecule has 2 atom stereocenters. The second-order valence-electron chi connectivity index (χ2n) is 5.51. The number of aliphatic hydroxyl groups is 1. The number of hydrogen-bond donors (Lipinski definition) is 1. The van der Waals surface area contributed by atoms with Gasteiger partial charge in [0.25, 0.3) is 0 Å². The van der Waals surface area contributed by atoms with Gasteiger partial charge >= 0.3 is 0 Å². The lowest BCUT2D eigenvalue weighted by molar-refractivity contribution is 0.117. The Morgan fingerprint density at radius 3 is 2.47 bits per heavy atom. The molecular weight excluding hydrogens is 212 g/mol. The predicted molar refractivity (Wildman–Crippen MR) is 67.1 cm³/mol. The quantitative estimate of drug-likeness (QED) is 0.849. The predicted octanol–water partition coefficient (Wildman–Crippen LogP) is 3.01. The molecule has 1 N–H and O–H groups in total. The molecule has 0 amide bonds. The zero-order chi connectivity index (χ0) is 12.0. The topological polar surface area (TPSA) is 29.5 Å². The van der Waals surface area contributed by atoms with E-state index in [1.54, 1.807) is 7.11 Å². The fraction of sp³-hybridized carbons (Fsp3) is 0.600. The van der Waals surface area contributed by atoms with Crippen molar-refractivity contribution in [2.75, 3.05) is 7.11 Å². The van der Waals surface area contributed by atoms with E-state index in [9.17, 15) is 5.11 Å². The monoisotopic (exact) mass is 232 g/mol. The van der Waals surface area contributed by atoms with Gasteiger partial charge in [-0.15, -0.1) is 0 Å². The van der Waals surface area contributed by atoms with Crippen LogP contribution in [-0.4, -0.2) is 12.2 Å². The van der Waals surface area contributed by atoms with Crippen LogP contribution < -0.4 is 4.74 Å². The Morgan fingerprint density at radius 2 is 1.88 bits per heavy atom. The molecule has 0 radical (unpaired) electrons. The summed E-state index contributed by atoms with van der Waals surface area (Å²) >= 11 is 0. The standard InChI is InChI=1S/C15H20O2/c1-10-7-8-11(9-14(10)17-2)15(16)12-5-3-4-6-13(12)15/h7-9,12-13,16H,3-6H2,1-2H3. The first kappa shape index (κ1) is 11.1. The molecule has 2 nitrogen and oxygen atoms in total. The van der Waals surface area contributed by atoms with E-state index in [1.807, 2.05) is 13.0 Å². The number of rotatable bonds is 2. The molecule has 17 heavy (non-hydrogen) atoms. The van der Waals surface area contributed by atoms with Gasteiger partial charge in [0.05, 0.1) is 12.7 Å². The highest BCUT2D eigenvalue weighted by Crippen LogP contribution is 2.64. The molecule has 1 aromatic rings. The van der Waals surface area contributed by atoms with Gasteiger partial charge in [0, 0.05) is 0 Å². The molecule has 2 unspecified atom stereocenters. The fourth-order valence-electron chi connectivity index (χ4n) is 3.59. The van der Waals surface area contributed by atoms with Gasteiger partial charge in [0.1, 0.15) is 5.75 Å². The van der Waals surface area contributed by atoms with Gasteiger partial charge in [-0.05, 0) is 48.8 Å². The minimum Gasteiger partial charge on any atom is -0.496 e. The summed E-state index contributed by atoms with van der Waals surface area (Å²) in [6.07, 6.45) is 4.90. The number of aryl methyl sites for hydroxylation is 1. The van der Waals surface area contributed by atoms with Crippen LogP contribution in [0.1, 0.15) is 36.8 Å². The molecule has 2 saturated carbocycles. The maximum Gasteiger partial charge on any atom is 0.122 e. The van der Waals surface area contributed by atoms with Crippen molar-refractivity contribution in [1.29, 1.82) is 0 Å². The van der Waals surface area contributed by atoms with E-state index in [4.69, 9.17) is 4.74 Å². The summed E-state index contributed by atoms with van der Waals surface area (Å²) in [5.74, 6) is 1.87. The van der Waals surface area contributed by atoms with Crippen LogP contribution in [0.15, 0.2) is 18.2 Å². The van der Waals surface area contributed by atoms with E-state index in [0.29, 0.717) is 11.8 Å². The molecular formula is C15H20O2. The number of methoxy groups -OCH3 is 1. The normalized spacial score (nSPS) is 35.2. The molecule has 2 heteroatoms. The molecule has 92 valence electrons. The number of hydrogen-bond acceptors (Lipinski definition) is 2. The van der Waals surface area contributed by atoms with Gasteiger partial charge in [0.2, 0.25) is 0 Å². The van der Waals surface area contributed by atoms with Crippen LogP contribution >= 0.6 is 0 Å². The van der Waals surface area contributed by atoms with Crippen LogP contribution in [0.25, 0.3) is 0 Å². The first-order valence-corrected chi connectivity index (χ1v) is 6.55. The molecule has 0 bridgehead atoms. The van der Waals surface area contributed by atoms with Crippen molar-refractivity contribution in [3.63, 3.8) is 0 Å². The molecule has 0 aliphatic heterocycles. The Labute approximate surface area is 103 Å². The van der Waals surface area contributed by atoms with Gasteiger partial charge in [-0.25, -0.2) is 0 Å². The number of ether oxygens (including phenoxy) is 1. The molecule has 2 fully saturated rings. The lowest BCUT2D eigenvalue weighted by Crippen LogP contribution is -2.10.